The first-order valence-corrected chi connectivity index (χ1v) is 12.2. The number of fused-ring (bicyclic) bond motifs is 3. The molecule has 2 unspecified atom stereocenters. The summed E-state index contributed by atoms with van der Waals surface area (Å²) in [4.78, 5) is 67.7. The number of unbranched alkanes of at least 4 members (excludes halogenated alkanes) is 1. The fraction of sp³-hybridized carbons (Fsp3) is 0.577. The smallest absolute Gasteiger partial charge is 0.235 e. The van der Waals surface area contributed by atoms with Gasteiger partial charge in [-0.25, -0.2) is 0 Å². The number of aliphatic hydroxyl groups excluding tert-OH is 1. The molecule has 0 saturated heterocycles. The van der Waals surface area contributed by atoms with Crippen LogP contribution >= 0.6 is 0 Å². The second kappa shape index (κ2) is 9.17. The van der Waals surface area contributed by atoms with Gasteiger partial charge in [0.15, 0.2) is 34.7 Å². The largest absolute Gasteiger partial charge is 0.493 e. The quantitative estimate of drug-likeness (QED) is 0.356. The maximum atomic E-state index is 13.9. The van der Waals surface area contributed by atoms with E-state index < -0.39 is 76.4 Å². The van der Waals surface area contributed by atoms with Crippen molar-refractivity contribution in [1.29, 1.82) is 0 Å². The van der Waals surface area contributed by atoms with Crippen LogP contribution in [0, 0.1) is 23.7 Å². The Morgan fingerprint density at radius 2 is 1.83 bits per heavy atom. The summed E-state index contributed by atoms with van der Waals surface area (Å²) < 4.78 is 5.83. The third-order valence-electron chi connectivity index (χ3n) is 8.09. The number of hydrogen-bond donors (Lipinski definition) is 3. The van der Waals surface area contributed by atoms with Crippen LogP contribution in [-0.2, 0) is 19.2 Å². The van der Waals surface area contributed by atoms with Gasteiger partial charge in [-0.05, 0) is 38.1 Å². The van der Waals surface area contributed by atoms with Crippen LogP contribution in [0.1, 0.15) is 48.5 Å². The summed E-state index contributed by atoms with van der Waals surface area (Å²) in [5.41, 5.74) is 3.15. The Hall–Kier alpha value is -2.95. The first kappa shape index (κ1) is 26.1. The molecule has 2 saturated carbocycles. The molecule has 10 nitrogen and oxygen atoms in total. The van der Waals surface area contributed by atoms with Crippen molar-refractivity contribution in [2.24, 2.45) is 29.4 Å². The molecule has 8 atom stereocenters. The fourth-order valence-corrected chi connectivity index (χ4v) is 6.38. The molecule has 1 aromatic rings. The second-order valence-corrected chi connectivity index (χ2v) is 10.3. The van der Waals surface area contributed by atoms with Crippen LogP contribution in [-0.4, -0.2) is 82.6 Å². The average Bonchev–Trinajstić information content (AvgIpc) is 2.81. The van der Waals surface area contributed by atoms with Crippen molar-refractivity contribution >= 4 is 29.0 Å². The molecule has 4 N–H and O–H groups in total. The molecule has 1 aromatic carbocycles. The molecule has 2 fully saturated rings. The number of ketones is 4. The summed E-state index contributed by atoms with van der Waals surface area (Å²) in [7, 11) is 2.95. The molecule has 0 radical (unpaired) electrons. The number of carbonyl (C=O) groups excluding carboxylic acids is 5. The first-order chi connectivity index (χ1) is 16.9. The number of Topliss-reactive ketones (excluding diaryl/α,β-unsaturated/α-hetero) is 4. The van der Waals surface area contributed by atoms with Crippen molar-refractivity contribution in [3.8, 4) is 5.75 Å². The van der Waals surface area contributed by atoms with E-state index in [1.165, 1.54) is 19.0 Å². The molecule has 0 bridgehead atoms. The van der Waals surface area contributed by atoms with E-state index in [1.54, 1.807) is 25.1 Å². The van der Waals surface area contributed by atoms with Crippen molar-refractivity contribution in [2.45, 2.75) is 50.4 Å². The van der Waals surface area contributed by atoms with Gasteiger partial charge >= 0.3 is 0 Å². The number of hydrogen-bond acceptors (Lipinski definition) is 9. The van der Waals surface area contributed by atoms with Crippen LogP contribution in [0.5, 0.6) is 5.75 Å². The molecule has 3 aliphatic carbocycles. The van der Waals surface area contributed by atoms with Crippen LogP contribution in [0.3, 0.4) is 0 Å². The summed E-state index contributed by atoms with van der Waals surface area (Å²) in [5.74, 6) is -11.8. The molecule has 3 aliphatic rings. The Kier molecular flexibility index (Phi) is 6.65. The van der Waals surface area contributed by atoms with Gasteiger partial charge in [0.05, 0.1) is 36.2 Å². The van der Waals surface area contributed by atoms with Crippen LogP contribution in [0.2, 0.25) is 0 Å². The maximum absolute atomic E-state index is 13.9. The van der Waals surface area contributed by atoms with Gasteiger partial charge in [0.1, 0.15) is 5.75 Å². The van der Waals surface area contributed by atoms with Crippen LogP contribution in [0.25, 0.3) is 0 Å². The Bertz CT molecular complexity index is 1150. The zero-order valence-corrected chi connectivity index (χ0v) is 20.8. The lowest BCUT2D eigenvalue weighted by atomic mass is 9.49. The molecule has 0 aliphatic heterocycles. The molecular formula is C26H32N2O8. The highest BCUT2D eigenvalue weighted by atomic mass is 16.5. The lowest BCUT2D eigenvalue weighted by Crippen LogP contribution is -2.77. The molecule has 4 rings (SSSR count). The van der Waals surface area contributed by atoms with Crippen LogP contribution < -0.4 is 10.5 Å². The van der Waals surface area contributed by atoms with Gasteiger partial charge in [0.25, 0.3) is 0 Å². The predicted octanol–water partition coefficient (Wildman–Crippen LogP) is -0.128. The highest BCUT2D eigenvalue weighted by Gasteiger charge is 2.72. The Morgan fingerprint density at radius 1 is 1.17 bits per heavy atom. The highest BCUT2D eigenvalue weighted by molar-refractivity contribution is 6.32. The zero-order valence-electron chi connectivity index (χ0n) is 20.8. The average molecular weight is 501 g/mol. The summed E-state index contributed by atoms with van der Waals surface area (Å²) in [6.45, 7) is 4.10. The number of aliphatic hydroxyl groups is 2. The number of primary amides is 1. The third kappa shape index (κ3) is 3.46. The highest BCUT2D eigenvalue weighted by Crippen LogP contribution is 2.54. The summed E-state index contributed by atoms with van der Waals surface area (Å²) in [5, 5.41) is 23.2. The number of amides is 1. The Labute approximate surface area is 208 Å². The number of likely N-dealkylation sites (N-methyl/N-ethyl adjacent to an activating group) is 1. The molecule has 10 heteroatoms. The summed E-state index contributed by atoms with van der Waals surface area (Å²) in [6, 6.07) is 3.72. The summed E-state index contributed by atoms with van der Waals surface area (Å²) >= 11 is 0. The van der Waals surface area contributed by atoms with Crippen molar-refractivity contribution in [1.82, 2.24) is 4.90 Å². The fourth-order valence-electron chi connectivity index (χ4n) is 6.38. The summed E-state index contributed by atoms with van der Waals surface area (Å²) in [6.07, 6.45) is 0.0446. The van der Waals surface area contributed by atoms with Crippen molar-refractivity contribution < 1.29 is 38.9 Å². The van der Waals surface area contributed by atoms with E-state index in [4.69, 9.17) is 10.5 Å². The SMILES string of the molecule is CCCCOc1cccc2c1C(=O)C1C(=O)[C@]3(O)C(=O)C(C(N)=O)C(=O)[C@@H](N(C)C)[C@@H]3[C@@H](O)[C@@H]1[C@H]2C. The number of carbonyl (C=O) groups is 5. The maximum Gasteiger partial charge on any atom is 0.235 e. The number of rotatable bonds is 6. The van der Waals surface area contributed by atoms with E-state index >= 15 is 0 Å². The molecule has 1 amide bonds. The van der Waals surface area contributed by atoms with E-state index in [0.29, 0.717) is 17.9 Å². The topological polar surface area (TPSA) is 164 Å². The normalized spacial score (nSPS) is 35.8. The molecule has 0 heterocycles. The molecule has 0 aromatic heterocycles. The van der Waals surface area contributed by atoms with E-state index in [9.17, 15) is 34.2 Å². The second-order valence-electron chi connectivity index (χ2n) is 10.3. The lowest BCUT2D eigenvalue weighted by molar-refractivity contribution is -0.196. The van der Waals surface area contributed by atoms with E-state index in [-0.39, 0.29) is 5.56 Å². The van der Waals surface area contributed by atoms with Crippen molar-refractivity contribution in [3.05, 3.63) is 29.3 Å². The molecule has 0 spiro atoms. The van der Waals surface area contributed by atoms with E-state index in [1.807, 2.05) is 6.92 Å². The van der Waals surface area contributed by atoms with Gasteiger partial charge in [0, 0.05) is 5.92 Å². The Balaban J connectivity index is 1.89. The van der Waals surface area contributed by atoms with Gasteiger partial charge in [-0.1, -0.05) is 32.4 Å². The van der Waals surface area contributed by atoms with Gasteiger partial charge in [-0.2, -0.15) is 0 Å². The monoisotopic (exact) mass is 500 g/mol. The minimum Gasteiger partial charge on any atom is -0.493 e. The lowest BCUT2D eigenvalue weighted by Gasteiger charge is -2.56. The van der Waals surface area contributed by atoms with Gasteiger partial charge in [-0.3, -0.25) is 28.9 Å². The van der Waals surface area contributed by atoms with Gasteiger partial charge < -0.3 is 20.7 Å². The minimum atomic E-state index is -2.94. The Morgan fingerprint density at radius 3 is 2.42 bits per heavy atom. The van der Waals surface area contributed by atoms with Crippen molar-refractivity contribution in [3.63, 3.8) is 0 Å². The zero-order chi connectivity index (χ0) is 26.7. The number of ether oxygens (including phenoxy) is 1. The standard InChI is InChI=1S/C26H32N2O8/c1-5-6-10-36-13-9-7-8-12-11(2)14-16(20(29)15(12)13)23(32)26(35)18(21(14)30)19(28(3)4)22(31)17(24(26)33)25(27)34/h7-9,11,14,16-19,21,30,35H,5-6,10H2,1-4H3,(H2,27,34)/t11-,14+,16?,17?,18+,19-,21-,26-/m0/s1. The van der Waals surface area contributed by atoms with Crippen LogP contribution in [0.4, 0.5) is 0 Å². The molecular weight excluding hydrogens is 468 g/mol. The first-order valence-electron chi connectivity index (χ1n) is 12.2. The van der Waals surface area contributed by atoms with Crippen molar-refractivity contribution in [2.75, 3.05) is 20.7 Å². The predicted molar refractivity (Wildman–Crippen MR) is 126 cm³/mol. The minimum absolute atomic E-state index is 0.180. The number of nitrogens with zero attached hydrogens (tertiary/aromatic N) is 1. The van der Waals surface area contributed by atoms with E-state index in [2.05, 4.69) is 0 Å². The van der Waals surface area contributed by atoms with Gasteiger partial charge in [-0.15, -0.1) is 0 Å². The number of benzene rings is 1. The molecule has 194 valence electrons. The van der Waals surface area contributed by atoms with Gasteiger partial charge in [0.2, 0.25) is 5.91 Å². The van der Waals surface area contributed by atoms with E-state index in [0.717, 1.165) is 12.8 Å². The number of nitrogens with two attached hydrogens (primary N) is 1. The third-order valence-corrected chi connectivity index (χ3v) is 8.09. The van der Waals surface area contributed by atoms with Crippen LogP contribution in [0.15, 0.2) is 18.2 Å². The molecule has 36 heavy (non-hydrogen) atoms.